The maximum Gasteiger partial charge on any atom is 0.123 e. The molecule has 0 bridgehead atoms. The van der Waals surface area contributed by atoms with E-state index in [1.165, 1.54) is 12.1 Å². The summed E-state index contributed by atoms with van der Waals surface area (Å²) in [5, 5.41) is 6.46. The van der Waals surface area contributed by atoms with Crippen molar-refractivity contribution >= 4 is 17.1 Å². The molecule has 0 fully saturated rings. The van der Waals surface area contributed by atoms with Crippen molar-refractivity contribution in [3.05, 3.63) is 125 Å². The van der Waals surface area contributed by atoms with Crippen LogP contribution in [0.1, 0.15) is 22.3 Å². The van der Waals surface area contributed by atoms with Crippen LogP contribution in [0.4, 0.5) is 10.1 Å². The molecule has 0 saturated heterocycles. The molecule has 5 heteroatoms. The van der Waals surface area contributed by atoms with Crippen LogP contribution >= 0.6 is 0 Å². The van der Waals surface area contributed by atoms with Crippen molar-refractivity contribution in [2.24, 2.45) is 11.5 Å². The van der Waals surface area contributed by atoms with Gasteiger partial charge in [0.15, 0.2) is 0 Å². The van der Waals surface area contributed by atoms with E-state index in [4.69, 9.17) is 11.5 Å². The van der Waals surface area contributed by atoms with Gasteiger partial charge in [-0.2, -0.15) is 0 Å². The number of rotatable bonds is 8. The molecular weight excluding hydrogens is 387 g/mol. The molecule has 0 aliphatic heterocycles. The molecule has 3 aromatic carbocycles. The van der Waals surface area contributed by atoms with Crippen LogP contribution in [0.25, 0.3) is 11.4 Å². The van der Waals surface area contributed by atoms with Crippen LogP contribution in [0.5, 0.6) is 0 Å². The van der Waals surface area contributed by atoms with Crippen molar-refractivity contribution < 1.29 is 4.39 Å². The minimum Gasteiger partial charge on any atom is -0.398 e. The fourth-order valence-corrected chi connectivity index (χ4v) is 3.06. The largest absolute Gasteiger partial charge is 0.398 e. The number of benzene rings is 3. The molecule has 0 unspecified atom stereocenters. The molecule has 0 aromatic heterocycles. The van der Waals surface area contributed by atoms with Gasteiger partial charge in [0.1, 0.15) is 11.6 Å². The van der Waals surface area contributed by atoms with Gasteiger partial charge in [-0.15, -0.1) is 0 Å². The van der Waals surface area contributed by atoms with Crippen LogP contribution in [0.2, 0.25) is 0 Å². The molecule has 4 nitrogen and oxygen atoms in total. The number of nitrogens with one attached hydrogen (secondary N) is 2. The zero-order valence-electron chi connectivity index (χ0n) is 17.5. The molecule has 31 heavy (non-hydrogen) atoms. The van der Waals surface area contributed by atoms with E-state index in [-0.39, 0.29) is 5.82 Å². The first-order chi connectivity index (χ1) is 14.9. The van der Waals surface area contributed by atoms with Crippen molar-refractivity contribution in [3.63, 3.8) is 0 Å². The number of nitrogens with two attached hydrogens (primary N) is 2. The van der Waals surface area contributed by atoms with Crippen LogP contribution in [-0.2, 0) is 6.54 Å². The number of hydrogen-bond acceptors (Lipinski definition) is 4. The first-order valence-corrected chi connectivity index (χ1v) is 9.96. The maximum absolute atomic E-state index is 13.3. The van der Waals surface area contributed by atoms with Gasteiger partial charge in [0, 0.05) is 23.6 Å². The van der Waals surface area contributed by atoms with E-state index in [1.54, 1.807) is 18.2 Å². The van der Waals surface area contributed by atoms with Crippen molar-refractivity contribution in [2.45, 2.75) is 13.5 Å². The van der Waals surface area contributed by atoms with E-state index in [0.717, 1.165) is 33.6 Å². The Morgan fingerprint density at radius 3 is 2.42 bits per heavy atom. The monoisotopic (exact) mass is 414 g/mol. The van der Waals surface area contributed by atoms with Gasteiger partial charge in [-0.1, -0.05) is 55.1 Å². The topological polar surface area (TPSA) is 76.1 Å². The third kappa shape index (κ3) is 6.24. The summed E-state index contributed by atoms with van der Waals surface area (Å²) in [5.74, 6) is 0.237. The molecule has 0 spiro atoms. The predicted octanol–water partition coefficient (Wildman–Crippen LogP) is 5.11. The number of halogens is 1. The highest BCUT2D eigenvalue weighted by molar-refractivity contribution is 5.67. The standard InChI is InChI=1S/C26H27FN4/c1-18-15-23(27)12-11-22(18)17-30-19(2)21-9-6-10-24(16-21)31-26(29)14-13-25(28)20-7-4-3-5-8-20/h3-16,30-31H,2,17,28-29H2,1H3/b25-13-,26-14+. The summed E-state index contributed by atoms with van der Waals surface area (Å²) >= 11 is 0. The molecule has 0 amide bonds. The summed E-state index contributed by atoms with van der Waals surface area (Å²) in [7, 11) is 0. The minimum atomic E-state index is -0.232. The average molecular weight is 415 g/mol. The van der Waals surface area contributed by atoms with Gasteiger partial charge in [0.05, 0.1) is 0 Å². The Morgan fingerprint density at radius 2 is 1.68 bits per heavy atom. The van der Waals surface area contributed by atoms with E-state index in [9.17, 15) is 4.39 Å². The van der Waals surface area contributed by atoms with Crippen LogP contribution in [-0.4, -0.2) is 0 Å². The van der Waals surface area contributed by atoms with Gasteiger partial charge >= 0.3 is 0 Å². The molecule has 6 N–H and O–H groups in total. The molecule has 0 aliphatic carbocycles. The van der Waals surface area contributed by atoms with Crippen molar-refractivity contribution in [3.8, 4) is 0 Å². The van der Waals surface area contributed by atoms with Crippen LogP contribution in [0.15, 0.2) is 97.3 Å². The Balaban J connectivity index is 1.63. The van der Waals surface area contributed by atoms with Gasteiger partial charge in [-0.3, -0.25) is 0 Å². The fraction of sp³-hybridized carbons (Fsp3) is 0.0769. The van der Waals surface area contributed by atoms with Gasteiger partial charge in [0.25, 0.3) is 0 Å². The van der Waals surface area contributed by atoms with Crippen LogP contribution < -0.4 is 22.1 Å². The second-order valence-electron chi connectivity index (χ2n) is 7.22. The third-order valence-electron chi connectivity index (χ3n) is 4.85. The third-order valence-corrected chi connectivity index (χ3v) is 4.85. The minimum absolute atomic E-state index is 0.232. The Bertz CT molecular complexity index is 1120. The molecule has 0 radical (unpaired) electrons. The van der Waals surface area contributed by atoms with Gasteiger partial charge in [-0.05, 0) is 65.6 Å². The van der Waals surface area contributed by atoms with E-state index in [0.29, 0.717) is 18.1 Å². The molecule has 0 saturated carbocycles. The van der Waals surface area contributed by atoms with Gasteiger partial charge in [-0.25, -0.2) is 4.39 Å². The summed E-state index contributed by atoms with van der Waals surface area (Å²) in [5.41, 5.74) is 18.2. The highest BCUT2D eigenvalue weighted by atomic mass is 19.1. The second kappa shape index (κ2) is 10.2. The summed E-state index contributed by atoms with van der Waals surface area (Å²) in [6.45, 7) is 6.57. The smallest absolute Gasteiger partial charge is 0.123 e. The zero-order chi connectivity index (χ0) is 22.2. The fourth-order valence-electron chi connectivity index (χ4n) is 3.06. The quantitative estimate of drug-likeness (QED) is 0.387. The highest BCUT2D eigenvalue weighted by Crippen LogP contribution is 2.18. The van der Waals surface area contributed by atoms with Gasteiger partial charge in [0.2, 0.25) is 0 Å². The van der Waals surface area contributed by atoms with Crippen LogP contribution in [0, 0.1) is 12.7 Å². The van der Waals surface area contributed by atoms with Crippen molar-refractivity contribution in [2.75, 3.05) is 5.32 Å². The molecule has 3 rings (SSSR count). The van der Waals surface area contributed by atoms with E-state index < -0.39 is 0 Å². The summed E-state index contributed by atoms with van der Waals surface area (Å²) in [6, 6.07) is 22.2. The average Bonchev–Trinajstić information content (AvgIpc) is 2.77. The summed E-state index contributed by atoms with van der Waals surface area (Å²) in [4.78, 5) is 0. The van der Waals surface area contributed by atoms with E-state index in [1.807, 2.05) is 61.5 Å². The van der Waals surface area contributed by atoms with E-state index in [2.05, 4.69) is 17.2 Å². The number of allylic oxidation sites excluding steroid dienone is 2. The molecule has 158 valence electrons. The van der Waals surface area contributed by atoms with Crippen LogP contribution in [0.3, 0.4) is 0 Å². The molecule has 0 heterocycles. The summed E-state index contributed by atoms with van der Waals surface area (Å²) in [6.07, 6.45) is 3.51. The first kappa shape index (κ1) is 21.7. The lowest BCUT2D eigenvalue weighted by molar-refractivity contribution is 0.625. The van der Waals surface area contributed by atoms with Crippen molar-refractivity contribution in [1.29, 1.82) is 0 Å². The lowest BCUT2D eigenvalue weighted by Gasteiger charge is -2.13. The number of hydrogen-bond donors (Lipinski definition) is 4. The molecule has 0 atom stereocenters. The predicted molar refractivity (Wildman–Crippen MR) is 128 cm³/mol. The van der Waals surface area contributed by atoms with E-state index >= 15 is 0 Å². The number of anilines is 1. The SMILES string of the molecule is C=C(NCc1ccc(F)cc1C)c1cccc(N/C(N)=C/C=C(\N)c2ccccc2)c1. The Morgan fingerprint density at radius 1 is 0.935 bits per heavy atom. The highest BCUT2D eigenvalue weighted by Gasteiger charge is 2.04. The lowest BCUT2D eigenvalue weighted by Crippen LogP contribution is -2.13. The second-order valence-corrected chi connectivity index (χ2v) is 7.22. The molecule has 3 aromatic rings. The molecule has 0 aliphatic rings. The van der Waals surface area contributed by atoms with Crippen molar-refractivity contribution in [1.82, 2.24) is 5.32 Å². The molecular formula is C26H27FN4. The number of aryl methyl sites for hydroxylation is 1. The normalized spacial score (nSPS) is 11.8. The maximum atomic E-state index is 13.3. The van der Waals surface area contributed by atoms with Gasteiger partial charge < -0.3 is 22.1 Å². The lowest BCUT2D eigenvalue weighted by atomic mass is 10.1. The zero-order valence-corrected chi connectivity index (χ0v) is 17.5. The summed E-state index contributed by atoms with van der Waals surface area (Å²) < 4.78 is 13.3. The first-order valence-electron chi connectivity index (χ1n) is 9.96. The Labute approximate surface area is 182 Å². The Hall–Kier alpha value is -3.99. The Kier molecular flexibility index (Phi) is 7.12.